The molecule has 1 heterocycles. The summed E-state index contributed by atoms with van der Waals surface area (Å²) < 4.78 is 23.6. The number of anilines is 1. The van der Waals surface area contributed by atoms with Gasteiger partial charge >= 0.3 is 0 Å². The minimum absolute atomic E-state index is 0.0401. The Morgan fingerprint density at radius 2 is 1.86 bits per heavy atom. The summed E-state index contributed by atoms with van der Waals surface area (Å²) in [6.07, 6.45) is 0.494. The van der Waals surface area contributed by atoms with Crippen LogP contribution in [0.25, 0.3) is 0 Å². The molecule has 28 heavy (non-hydrogen) atoms. The Balaban J connectivity index is 1.92. The van der Waals surface area contributed by atoms with Crippen LogP contribution in [0.3, 0.4) is 0 Å². The molecule has 2 N–H and O–H groups in total. The number of sulfone groups is 1. The number of quaternary nitrogens is 1. The summed E-state index contributed by atoms with van der Waals surface area (Å²) >= 11 is 0. The lowest BCUT2D eigenvalue weighted by molar-refractivity contribution is -0.862. The van der Waals surface area contributed by atoms with E-state index < -0.39 is 9.84 Å². The minimum Gasteiger partial charge on any atom is -0.334 e. The maximum atomic E-state index is 12.8. The van der Waals surface area contributed by atoms with E-state index in [0.29, 0.717) is 13.0 Å². The number of rotatable bonds is 8. The predicted octanol–water partition coefficient (Wildman–Crippen LogP) is 0.120. The number of aryl methyl sites for hydroxylation is 1. The normalized spacial score (nSPS) is 19.4. The number of carbonyl (C=O) groups is 2. The van der Waals surface area contributed by atoms with E-state index >= 15 is 0 Å². The summed E-state index contributed by atoms with van der Waals surface area (Å²) in [5.41, 5.74) is 1.85. The van der Waals surface area contributed by atoms with Gasteiger partial charge in [-0.2, -0.15) is 0 Å². The highest BCUT2D eigenvalue weighted by molar-refractivity contribution is 7.91. The van der Waals surface area contributed by atoms with Crippen molar-refractivity contribution >= 4 is 27.3 Å². The van der Waals surface area contributed by atoms with Gasteiger partial charge in [0.05, 0.1) is 18.6 Å². The first-order valence-electron chi connectivity index (χ1n) is 9.73. The highest BCUT2D eigenvalue weighted by atomic mass is 32.2. The first kappa shape index (κ1) is 22.4. The second-order valence-corrected chi connectivity index (χ2v) is 10.5. The average Bonchev–Trinajstić information content (AvgIpc) is 2.94. The third-order valence-corrected chi connectivity index (χ3v) is 6.53. The van der Waals surface area contributed by atoms with Crippen LogP contribution in [0.2, 0.25) is 0 Å². The standard InChI is InChI=1S/C20H31N3O4S/c1-15(2)11-23(18-9-10-28(26,27)14-18)20(25)13-22(4)12-19(24)21-17-7-5-16(3)6-8-17/h5-8,15,18H,9-14H2,1-4H3,(H,21,24)/p+1/t18-/m1/s1. The number of benzene rings is 1. The van der Waals surface area contributed by atoms with Crippen LogP contribution in [-0.4, -0.2) is 69.4 Å². The predicted molar refractivity (Wildman–Crippen MR) is 110 cm³/mol. The first-order chi connectivity index (χ1) is 13.1. The molecule has 1 aromatic rings. The fourth-order valence-corrected chi connectivity index (χ4v) is 5.14. The number of amides is 2. The molecule has 2 amide bonds. The van der Waals surface area contributed by atoms with Crippen molar-refractivity contribution in [2.45, 2.75) is 33.2 Å². The Labute approximate surface area is 168 Å². The molecule has 0 bridgehead atoms. The van der Waals surface area contributed by atoms with E-state index in [4.69, 9.17) is 0 Å². The zero-order valence-electron chi connectivity index (χ0n) is 17.2. The largest absolute Gasteiger partial charge is 0.334 e. The topological polar surface area (TPSA) is 88.0 Å². The summed E-state index contributed by atoms with van der Waals surface area (Å²) in [6, 6.07) is 7.29. The Morgan fingerprint density at radius 3 is 2.39 bits per heavy atom. The molecule has 2 rings (SSSR count). The molecular formula is C20H32N3O4S+. The van der Waals surface area contributed by atoms with Crippen LogP contribution in [-0.2, 0) is 19.4 Å². The number of nitrogens with zero attached hydrogens (tertiary/aromatic N) is 1. The molecule has 7 nitrogen and oxygen atoms in total. The molecule has 0 saturated carbocycles. The smallest absolute Gasteiger partial charge is 0.279 e. The lowest BCUT2D eigenvalue weighted by Gasteiger charge is -2.30. The van der Waals surface area contributed by atoms with Crippen molar-refractivity contribution in [1.29, 1.82) is 0 Å². The maximum Gasteiger partial charge on any atom is 0.279 e. The van der Waals surface area contributed by atoms with E-state index in [1.54, 1.807) is 11.9 Å². The van der Waals surface area contributed by atoms with Crippen LogP contribution < -0.4 is 10.2 Å². The summed E-state index contributed by atoms with van der Waals surface area (Å²) in [7, 11) is -1.26. The van der Waals surface area contributed by atoms with Crippen molar-refractivity contribution < 1.29 is 22.9 Å². The van der Waals surface area contributed by atoms with Crippen molar-refractivity contribution in [2.24, 2.45) is 5.92 Å². The highest BCUT2D eigenvalue weighted by Gasteiger charge is 2.35. The fraction of sp³-hybridized carbons (Fsp3) is 0.600. The van der Waals surface area contributed by atoms with Gasteiger partial charge in [0.1, 0.15) is 0 Å². The summed E-state index contributed by atoms with van der Waals surface area (Å²) in [6.45, 7) is 6.85. The average molecular weight is 411 g/mol. The molecule has 1 saturated heterocycles. The minimum atomic E-state index is -3.06. The van der Waals surface area contributed by atoms with Gasteiger partial charge in [-0.05, 0) is 31.4 Å². The molecule has 0 radical (unpaired) electrons. The maximum absolute atomic E-state index is 12.8. The SMILES string of the molecule is Cc1ccc(NC(=O)C[NH+](C)CC(=O)N(CC(C)C)[C@@H]2CCS(=O)(=O)C2)cc1. The van der Waals surface area contributed by atoms with Crippen molar-refractivity contribution in [3.05, 3.63) is 29.8 Å². The van der Waals surface area contributed by atoms with Gasteiger partial charge in [-0.15, -0.1) is 0 Å². The first-order valence-corrected chi connectivity index (χ1v) is 11.6. The zero-order valence-corrected chi connectivity index (χ0v) is 18.0. The Hall–Kier alpha value is -1.93. The van der Waals surface area contributed by atoms with Crippen LogP contribution in [0.4, 0.5) is 5.69 Å². The van der Waals surface area contributed by atoms with Gasteiger partial charge in [-0.3, -0.25) is 9.59 Å². The van der Waals surface area contributed by atoms with E-state index in [1.165, 1.54) is 0 Å². The van der Waals surface area contributed by atoms with Gasteiger partial charge < -0.3 is 15.1 Å². The fourth-order valence-electron chi connectivity index (χ4n) is 3.41. The van der Waals surface area contributed by atoms with Crippen molar-refractivity contribution in [3.63, 3.8) is 0 Å². The van der Waals surface area contributed by atoms with Crippen LogP contribution in [0.1, 0.15) is 25.8 Å². The third kappa shape index (κ3) is 6.91. The van der Waals surface area contributed by atoms with Crippen LogP contribution in [0.5, 0.6) is 0 Å². The van der Waals surface area contributed by atoms with E-state index in [9.17, 15) is 18.0 Å². The van der Waals surface area contributed by atoms with Crippen LogP contribution in [0.15, 0.2) is 24.3 Å². The molecule has 0 spiro atoms. The summed E-state index contributed by atoms with van der Waals surface area (Å²) in [5, 5.41) is 2.84. The highest BCUT2D eigenvalue weighted by Crippen LogP contribution is 2.19. The molecule has 1 fully saturated rings. The van der Waals surface area contributed by atoms with Crippen LogP contribution >= 0.6 is 0 Å². The number of likely N-dealkylation sites (N-methyl/N-ethyl adjacent to an activating group) is 1. The van der Waals surface area contributed by atoms with Gasteiger partial charge in [0, 0.05) is 18.3 Å². The van der Waals surface area contributed by atoms with E-state index in [-0.39, 0.29) is 48.4 Å². The van der Waals surface area contributed by atoms with Gasteiger partial charge in [-0.1, -0.05) is 31.5 Å². The third-order valence-electron chi connectivity index (χ3n) is 4.78. The van der Waals surface area contributed by atoms with E-state index in [1.807, 2.05) is 45.0 Å². The molecule has 8 heteroatoms. The zero-order chi connectivity index (χ0) is 20.9. The molecule has 1 unspecified atom stereocenters. The molecule has 156 valence electrons. The van der Waals surface area contributed by atoms with E-state index in [2.05, 4.69) is 5.32 Å². The van der Waals surface area contributed by atoms with E-state index in [0.717, 1.165) is 16.2 Å². The van der Waals surface area contributed by atoms with Gasteiger partial charge in [0.2, 0.25) is 0 Å². The lowest BCUT2D eigenvalue weighted by Crippen LogP contribution is -3.11. The Bertz CT molecular complexity index is 790. The molecule has 1 aliphatic rings. The number of carbonyl (C=O) groups excluding carboxylic acids is 2. The number of nitrogens with one attached hydrogen (secondary N) is 2. The lowest BCUT2D eigenvalue weighted by atomic mass is 10.1. The Morgan fingerprint density at radius 1 is 1.21 bits per heavy atom. The van der Waals surface area contributed by atoms with Crippen molar-refractivity contribution in [3.8, 4) is 0 Å². The number of hydrogen-bond donors (Lipinski definition) is 2. The molecule has 1 aliphatic heterocycles. The molecule has 0 aromatic heterocycles. The van der Waals surface area contributed by atoms with Crippen LogP contribution in [0, 0.1) is 12.8 Å². The van der Waals surface area contributed by atoms with Gasteiger partial charge in [0.25, 0.3) is 11.8 Å². The van der Waals surface area contributed by atoms with Crippen molar-refractivity contribution in [2.75, 3.05) is 43.5 Å². The summed E-state index contributed by atoms with van der Waals surface area (Å²) in [4.78, 5) is 27.6. The monoisotopic (exact) mass is 410 g/mol. The van der Waals surface area contributed by atoms with Crippen molar-refractivity contribution in [1.82, 2.24) is 4.90 Å². The second kappa shape index (κ2) is 9.52. The molecule has 0 aliphatic carbocycles. The molecule has 2 atom stereocenters. The quantitative estimate of drug-likeness (QED) is 0.637. The second-order valence-electron chi connectivity index (χ2n) is 8.22. The summed E-state index contributed by atoms with van der Waals surface area (Å²) in [5.74, 6) is 0.168. The van der Waals surface area contributed by atoms with Gasteiger partial charge in [-0.25, -0.2) is 8.42 Å². The van der Waals surface area contributed by atoms with Gasteiger partial charge in [0.15, 0.2) is 22.9 Å². The number of hydrogen-bond acceptors (Lipinski definition) is 4. The molecular weight excluding hydrogens is 378 g/mol. The Kier molecular flexibility index (Phi) is 7.60. The molecule has 1 aromatic carbocycles.